The van der Waals surface area contributed by atoms with Gasteiger partial charge in [0.25, 0.3) is 0 Å². The van der Waals surface area contributed by atoms with Crippen molar-refractivity contribution in [1.29, 1.82) is 0 Å². The molecule has 0 aromatic rings. The standard InChI is InChI=1S/C8H13ClO2S/c1-5(2)7(8(10)11)12-4-6(3)9/h5,7H,3-4H2,1-2H3,(H,10,11). The van der Waals surface area contributed by atoms with E-state index in [1.165, 1.54) is 11.8 Å². The summed E-state index contributed by atoms with van der Waals surface area (Å²) in [4.78, 5) is 10.7. The molecule has 0 fully saturated rings. The van der Waals surface area contributed by atoms with Gasteiger partial charge in [0, 0.05) is 10.8 Å². The fourth-order valence-electron chi connectivity index (χ4n) is 0.729. The first-order chi connectivity index (χ1) is 5.45. The summed E-state index contributed by atoms with van der Waals surface area (Å²) in [5.74, 6) is -0.173. The molecule has 0 aliphatic heterocycles. The molecule has 0 saturated carbocycles. The van der Waals surface area contributed by atoms with E-state index in [4.69, 9.17) is 16.7 Å². The van der Waals surface area contributed by atoms with E-state index in [1.54, 1.807) is 0 Å². The van der Waals surface area contributed by atoms with Crippen molar-refractivity contribution in [1.82, 2.24) is 0 Å². The molecule has 0 amide bonds. The predicted octanol–water partition coefficient (Wildman–Crippen LogP) is 2.58. The number of thioether (sulfide) groups is 1. The first kappa shape index (κ1) is 11.8. The molecule has 0 aliphatic carbocycles. The van der Waals surface area contributed by atoms with Crippen molar-refractivity contribution in [3.8, 4) is 0 Å². The number of aliphatic carboxylic acids is 1. The first-order valence-electron chi connectivity index (χ1n) is 3.62. The van der Waals surface area contributed by atoms with Crippen LogP contribution < -0.4 is 0 Å². The van der Waals surface area contributed by atoms with Gasteiger partial charge in [0.15, 0.2) is 0 Å². The number of rotatable bonds is 5. The second kappa shape index (κ2) is 5.49. The van der Waals surface area contributed by atoms with Gasteiger partial charge in [-0.1, -0.05) is 32.0 Å². The van der Waals surface area contributed by atoms with E-state index in [-0.39, 0.29) is 11.2 Å². The molecule has 0 aliphatic rings. The molecule has 1 unspecified atom stereocenters. The molecule has 0 spiro atoms. The first-order valence-corrected chi connectivity index (χ1v) is 5.05. The molecule has 70 valence electrons. The van der Waals surface area contributed by atoms with Crippen molar-refractivity contribution in [2.24, 2.45) is 5.92 Å². The molecule has 0 radical (unpaired) electrons. The summed E-state index contributed by atoms with van der Waals surface area (Å²) in [6, 6.07) is 0. The Morgan fingerprint density at radius 1 is 1.67 bits per heavy atom. The molecule has 4 heteroatoms. The van der Waals surface area contributed by atoms with Gasteiger partial charge in [0.2, 0.25) is 0 Å². The highest BCUT2D eigenvalue weighted by molar-refractivity contribution is 8.00. The van der Waals surface area contributed by atoms with Gasteiger partial charge in [0.05, 0.1) is 0 Å². The fraction of sp³-hybridized carbons (Fsp3) is 0.625. The normalized spacial score (nSPS) is 13.0. The molecule has 0 bridgehead atoms. The third-order valence-electron chi connectivity index (χ3n) is 1.27. The zero-order valence-corrected chi connectivity index (χ0v) is 8.78. The van der Waals surface area contributed by atoms with Crippen LogP contribution in [0.5, 0.6) is 0 Å². The van der Waals surface area contributed by atoms with Crippen molar-refractivity contribution in [2.75, 3.05) is 5.75 Å². The quantitative estimate of drug-likeness (QED) is 0.755. The second-order valence-electron chi connectivity index (χ2n) is 2.83. The Bertz CT molecular complexity index is 180. The number of hydrogen-bond acceptors (Lipinski definition) is 2. The molecule has 12 heavy (non-hydrogen) atoms. The van der Waals surface area contributed by atoms with Crippen molar-refractivity contribution >= 4 is 29.3 Å². The molecule has 0 aromatic heterocycles. The molecule has 0 aromatic carbocycles. The van der Waals surface area contributed by atoms with Crippen molar-refractivity contribution in [2.45, 2.75) is 19.1 Å². The predicted molar refractivity (Wildman–Crippen MR) is 53.7 cm³/mol. The van der Waals surface area contributed by atoms with Crippen LogP contribution in [0.1, 0.15) is 13.8 Å². The minimum absolute atomic E-state index is 0.114. The van der Waals surface area contributed by atoms with E-state index in [0.717, 1.165) is 0 Å². The van der Waals surface area contributed by atoms with E-state index in [0.29, 0.717) is 10.8 Å². The van der Waals surface area contributed by atoms with Crippen molar-refractivity contribution in [3.63, 3.8) is 0 Å². The molecule has 0 saturated heterocycles. The summed E-state index contributed by atoms with van der Waals surface area (Å²) < 4.78 is 0. The lowest BCUT2D eigenvalue weighted by Gasteiger charge is -2.14. The van der Waals surface area contributed by atoms with Crippen LogP contribution in [0, 0.1) is 5.92 Å². The summed E-state index contributed by atoms with van der Waals surface area (Å²) in [6.45, 7) is 7.25. The topological polar surface area (TPSA) is 37.3 Å². The summed E-state index contributed by atoms with van der Waals surface area (Å²) in [7, 11) is 0. The number of carboxylic acids is 1. The maximum absolute atomic E-state index is 10.7. The van der Waals surface area contributed by atoms with Gasteiger partial charge in [-0.15, -0.1) is 11.8 Å². The van der Waals surface area contributed by atoms with E-state index in [1.807, 2.05) is 13.8 Å². The Kier molecular flexibility index (Phi) is 5.42. The van der Waals surface area contributed by atoms with Crippen LogP contribution in [0.2, 0.25) is 0 Å². The number of carboxylic acid groups (broad SMARTS) is 1. The molecule has 0 rings (SSSR count). The van der Waals surface area contributed by atoms with Crippen LogP contribution in [0.25, 0.3) is 0 Å². The van der Waals surface area contributed by atoms with E-state index < -0.39 is 5.97 Å². The van der Waals surface area contributed by atoms with Gasteiger partial charge >= 0.3 is 5.97 Å². The maximum Gasteiger partial charge on any atom is 0.316 e. The Hall–Kier alpha value is -0.150. The van der Waals surface area contributed by atoms with E-state index in [2.05, 4.69) is 6.58 Å². The van der Waals surface area contributed by atoms with Gasteiger partial charge < -0.3 is 5.11 Å². The molecule has 1 N–H and O–H groups in total. The lowest BCUT2D eigenvalue weighted by molar-refractivity contribution is -0.137. The van der Waals surface area contributed by atoms with E-state index in [9.17, 15) is 4.79 Å². The summed E-state index contributed by atoms with van der Waals surface area (Å²) in [6.07, 6.45) is 0. The van der Waals surface area contributed by atoms with Crippen LogP contribution in [0.3, 0.4) is 0 Å². The molecule has 2 nitrogen and oxygen atoms in total. The highest BCUT2D eigenvalue weighted by Crippen LogP contribution is 2.22. The SMILES string of the molecule is C=C(Cl)CSC(C(=O)O)C(C)C. The third-order valence-corrected chi connectivity index (χ3v) is 3.18. The zero-order chi connectivity index (χ0) is 9.72. The number of halogens is 1. The molecule has 1 atom stereocenters. The summed E-state index contributed by atoms with van der Waals surface area (Å²) in [5.41, 5.74) is 0. The highest BCUT2D eigenvalue weighted by atomic mass is 35.5. The minimum atomic E-state index is -0.784. The fourth-order valence-corrected chi connectivity index (χ4v) is 1.81. The molecule has 0 heterocycles. The lowest BCUT2D eigenvalue weighted by atomic mass is 10.1. The zero-order valence-electron chi connectivity index (χ0n) is 7.21. The average Bonchev–Trinajstić information content (AvgIpc) is 1.84. The van der Waals surface area contributed by atoms with Crippen LogP contribution in [0.4, 0.5) is 0 Å². The van der Waals surface area contributed by atoms with Gasteiger partial charge in [-0.05, 0) is 5.92 Å². The number of hydrogen-bond donors (Lipinski definition) is 1. The second-order valence-corrected chi connectivity index (χ2v) is 4.50. The van der Waals surface area contributed by atoms with Crippen LogP contribution in [-0.2, 0) is 4.79 Å². The van der Waals surface area contributed by atoms with Crippen molar-refractivity contribution < 1.29 is 9.90 Å². The third kappa shape index (κ3) is 4.67. The van der Waals surface area contributed by atoms with Crippen LogP contribution in [-0.4, -0.2) is 22.1 Å². The lowest BCUT2D eigenvalue weighted by Crippen LogP contribution is -2.22. The van der Waals surface area contributed by atoms with Crippen LogP contribution in [0.15, 0.2) is 11.6 Å². The molecular formula is C8H13ClO2S. The van der Waals surface area contributed by atoms with Crippen LogP contribution >= 0.6 is 23.4 Å². The Morgan fingerprint density at radius 2 is 2.17 bits per heavy atom. The van der Waals surface area contributed by atoms with Gasteiger partial charge in [-0.25, -0.2) is 0 Å². The average molecular weight is 209 g/mol. The Labute approximate surface area is 82.0 Å². The largest absolute Gasteiger partial charge is 0.480 e. The summed E-state index contributed by atoms with van der Waals surface area (Å²) >= 11 is 6.84. The summed E-state index contributed by atoms with van der Waals surface area (Å²) in [5, 5.41) is 8.87. The maximum atomic E-state index is 10.7. The number of carbonyl (C=O) groups is 1. The van der Waals surface area contributed by atoms with Gasteiger partial charge in [-0.2, -0.15) is 0 Å². The van der Waals surface area contributed by atoms with Gasteiger partial charge in [0.1, 0.15) is 5.25 Å². The highest BCUT2D eigenvalue weighted by Gasteiger charge is 2.21. The van der Waals surface area contributed by atoms with Gasteiger partial charge in [-0.3, -0.25) is 4.79 Å². The minimum Gasteiger partial charge on any atom is -0.480 e. The monoisotopic (exact) mass is 208 g/mol. The Balaban J connectivity index is 3.97. The Morgan fingerprint density at radius 3 is 2.42 bits per heavy atom. The smallest absolute Gasteiger partial charge is 0.316 e. The van der Waals surface area contributed by atoms with Crippen molar-refractivity contribution in [3.05, 3.63) is 11.6 Å². The van der Waals surface area contributed by atoms with E-state index >= 15 is 0 Å². The molecular weight excluding hydrogens is 196 g/mol.